The minimum Gasteiger partial charge on any atom is -0.494 e. The van der Waals surface area contributed by atoms with Gasteiger partial charge in [-0.05, 0) is 37.3 Å². The summed E-state index contributed by atoms with van der Waals surface area (Å²) >= 11 is 0. The number of nitrogens with zero attached hydrogens (tertiary/aromatic N) is 4. The standard InChI is InChI=1S/C26H28FN5O8S2/c1-15(24(33)17-13-12-16(27)14-21(17)41(5,34)35)42(36,37)31-26-30-29-25(18-8-6-11-22(28-18)40-4)32(26)23-19(38-2)9-7-10-20(23)39-3/h6-15,24,33H,1-5H3,(H,30,31)/t15-,24-/m1/s1. The molecule has 0 fully saturated rings. The predicted molar refractivity (Wildman–Crippen MR) is 151 cm³/mol. The van der Waals surface area contributed by atoms with E-state index in [9.17, 15) is 26.3 Å². The van der Waals surface area contributed by atoms with Crippen molar-refractivity contribution >= 4 is 25.8 Å². The first-order valence-electron chi connectivity index (χ1n) is 12.2. The molecule has 0 radical (unpaired) electrons. The van der Waals surface area contributed by atoms with Gasteiger partial charge in [-0.15, -0.1) is 10.2 Å². The minimum absolute atomic E-state index is 0.0838. The lowest BCUT2D eigenvalue weighted by Crippen LogP contribution is -2.32. The maximum Gasteiger partial charge on any atom is 0.243 e. The fourth-order valence-corrected chi connectivity index (χ4v) is 6.15. The summed E-state index contributed by atoms with van der Waals surface area (Å²) in [5, 5.41) is 17.6. The van der Waals surface area contributed by atoms with Crippen LogP contribution in [0.5, 0.6) is 17.4 Å². The molecule has 2 heterocycles. The summed E-state index contributed by atoms with van der Waals surface area (Å²) in [6.07, 6.45) is -1.04. The summed E-state index contributed by atoms with van der Waals surface area (Å²) in [6, 6.07) is 12.5. The minimum atomic E-state index is -4.52. The molecule has 224 valence electrons. The quantitative estimate of drug-likeness (QED) is 0.252. The summed E-state index contributed by atoms with van der Waals surface area (Å²) in [4.78, 5) is 3.84. The van der Waals surface area contributed by atoms with E-state index < -0.39 is 41.9 Å². The van der Waals surface area contributed by atoms with Crippen molar-refractivity contribution in [2.24, 2.45) is 0 Å². The number of aliphatic hydroxyl groups excluding tert-OH is 1. The van der Waals surface area contributed by atoms with Gasteiger partial charge in [0.1, 0.15) is 33.9 Å². The lowest BCUT2D eigenvalue weighted by molar-refractivity contribution is 0.173. The van der Waals surface area contributed by atoms with E-state index in [-0.39, 0.29) is 46.1 Å². The number of anilines is 1. The summed E-state index contributed by atoms with van der Waals surface area (Å²) < 4.78 is 85.5. The largest absolute Gasteiger partial charge is 0.494 e. The monoisotopic (exact) mass is 621 g/mol. The van der Waals surface area contributed by atoms with Crippen LogP contribution in [0.25, 0.3) is 17.2 Å². The van der Waals surface area contributed by atoms with Crippen LogP contribution in [0.4, 0.5) is 10.3 Å². The van der Waals surface area contributed by atoms with Gasteiger partial charge >= 0.3 is 0 Å². The Morgan fingerprint density at radius 2 is 1.57 bits per heavy atom. The van der Waals surface area contributed by atoms with Crippen molar-refractivity contribution in [1.82, 2.24) is 19.7 Å². The summed E-state index contributed by atoms with van der Waals surface area (Å²) in [7, 11) is -4.28. The number of hydrogen-bond acceptors (Lipinski definition) is 11. The molecule has 0 aliphatic carbocycles. The van der Waals surface area contributed by atoms with E-state index in [1.807, 2.05) is 0 Å². The normalized spacial score (nSPS) is 13.3. The molecule has 2 aromatic carbocycles. The lowest BCUT2D eigenvalue weighted by atomic mass is 10.1. The predicted octanol–water partition coefficient (Wildman–Crippen LogP) is 2.76. The van der Waals surface area contributed by atoms with Crippen molar-refractivity contribution in [3.8, 4) is 34.6 Å². The Morgan fingerprint density at radius 1 is 0.929 bits per heavy atom. The number of rotatable bonds is 11. The van der Waals surface area contributed by atoms with Crippen LogP contribution in [-0.2, 0) is 19.9 Å². The maximum atomic E-state index is 13.9. The molecule has 42 heavy (non-hydrogen) atoms. The van der Waals surface area contributed by atoms with Crippen LogP contribution in [0, 0.1) is 5.82 Å². The highest BCUT2D eigenvalue weighted by molar-refractivity contribution is 7.93. The van der Waals surface area contributed by atoms with Gasteiger partial charge < -0.3 is 19.3 Å². The van der Waals surface area contributed by atoms with Gasteiger partial charge in [0.05, 0.1) is 32.3 Å². The van der Waals surface area contributed by atoms with Gasteiger partial charge in [-0.1, -0.05) is 18.2 Å². The van der Waals surface area contributed by atoms with E-state index in [0.717, 1.165) is 31.4 Å². The average molecular weight is 622 g/mol. The molecule has 2 aromatic heterocycles. The molecule has 13 nitrogen and oxygen atoms in total. The molecule has 4 aromatic rings. The van der Waals surface area contributed by atoms with Crippen LogP contribution < -0.4 is 18.9 Å². The Labute approximate surface area is 241 Å². The van der Waals surface area contributed by atoms with Crippen molar-refractivity contribution in [1.29, 1.82) is 0 Å². The number of sulfonamides is 1. The third-order valence-corrected chi connectivity index (χ3v) is 9.17. The first-order valence-corrected chi connectivity index (χ1v) is 15.6. The fourth-order valence-electron chi connectivity index (χ4n) is 4.15. The number of sulfone groups is 1. The number of methoxy groups -OCH3 is 3. The van der Waals surface area contributed by atoms with E-state index in [0.29, 0.717) is 0 Å². The Hall–Kier alpha value is -4.28. The molecule has 0 unspecified atom stereocenters. The smallest absolute Gasteiger partial charge is 0.243 e. The Bertz CT molecular complexity index is 1810. The van der Waals surface area contributed by atoms with Gasteiger partial charge in [0, 0.05) is 17.9 Å². The molecule has 0 saturated heterocycles. The van der Waals surface area contributed by atoms with E-state index >= 15 is 0 Å². The van der Waals surface area contributed by atoms with Crippen molar-refractivity contribution in [3.05, 3.63) is 66.0 Å². The average Bonchev–Trinajstić information content (AvgIpc) is 3.37. The molecule has 16 heteroatoms. The number of nitrogens with one attached hydrogen (secondary N) is 1. The summed E-state index contributed by atoms with van der Waals surface area (Å²) in [5.41, 5.74) is 0.208. The zero-order chi connectivity index (χ0) is 30.8. The third-order valence-electron chi connectivity index (χ3n) is 6.31. The van der Waals surface area contributed by atoms with Crippen LogP contribution in [0.1, 0.15) is 18.6 Å². The second kappa shape index (κ2) is 11.9. The van der Waals surface area contributed by atoms with Crippen LogP contribution in [-0.4, -0.2) is 74.5 Å². The number of aliphatic hydroxyl groups is 1. The van der Waals surface area contributed by atoms with Gasteiger partial charge in [0.25, 0.3) is 0 Å². The first kappa shape index (κ1) is 30.7. The highest BCUT2D eigenvalue weighted by Gasteiger charge is 2.35. The van der Waals surface area contributed by atoms with Gasteiger partial charge in [-0.25, -0.2) is 26.2 Å². The highest BCUT2D eigenvalue weighted by Crippen LogP contribution is 2.38. The molecule has 0 aliphatic heterocycles. The van der Waals surface area contributed by atoms with Gasteiger partial charge in [-0.3, -0.25) is 9.29 Å². The number of ether oxygens (including phenoxy) is 3. The van der Waals surface area contributed by atoms with Crippen LogP contribution in [0.2, 0.25) is 0 Å². The Morgan fingerprint density at radius 3 is 2.17 bits per heavy atom. The number of hydrogen-bond donors (Lipinski definition) is 2. The molecule has 0 bridgehead atoms. The zero-order valence-corrected chi connectivity index (χ0v) is 24.8. The number of aromatic nitrogens is 4. The number of pyridine rings is 1. The SMILES string of the molecule is COc1cccc(-c2nnc(NS(=O)(=O)[C@H](C)[C@@H](O)c3ccc(F)cc3S(C)(=O)=O)n2-c2c(OC)cccc2OC)n1. The molecule has 0 saturated carbocycles. The summed E-state index contributed by atoms with van der Waals surface area (Å²) in [5.74, 6) is -0.294. The fraction of sp³-hybridized carbons (Fsp3) is 0.269. The van der Waals surface area contributed by atoms with Crippen molar-refractivity contribution < 1.29 is 40.5 Å². The Balaban J connectivity index is 1.86. The van der Waals surface area contributed by atoms with E-state index in [1.54, 1.807) is 36.4 Å². The van der Waals surface area contributed by atoms with Crippen molar-refractivity contribution in [2.45, 2.75) is 23.2 Å². The van der Waals surface area contributed by atoms with Crippen LogP contribution >= 0.6 is 0 Å². The van der Waals surface area contributed by atoms with Gasteiger partial charge in [0.15, 0.2) is 15.7 Å². The Kier molecular flexibility index (Phi) is 8.70. The molecular formula is C26H28FN5O8S2. The van der Waals surface area contributed by atoms with E-state index in [2.05, 4.69) is 19.9 Å². The van der Waals surface area contributed by atoms with Crippen LogP contribution in [0.15, 0.2) is 59.5 Å². The second-order valence-corrected chi connectivity index (χ2v) is 13.0. The molecular weight excluding hydrogens is 593 g/mol. The molecule has 0 amide bonds. The summed E-state index contributed by atoms with van der Waals surface area (Å²) in [6.45, 7) is 1.16. The van der Waals surface area contributed by atoms with Crippen molar-refractivity contribution in [2.75, 3.05) is 32.3 Å². The van der Waals surface area contributed by atoms with E-state index in [1.165, 1.54) is 25.9 Å². The third kappa shape index (κ3) is 6.00. The molecule has 2 atom stereocenters. The molecule has 0 spiro atoms. The van der Waals surface area contributed by atoms with Crippen molar-refractivity contribution in [3.63, 3.8) is 0 Å². The highest BCUT2D eigenvalue weighted by atomic mass is 32.2. The lowest BCUT2D eigenvalue weighted by Gasteiger charge is -2.23. The molecule has 2 N–H and O–H groups in total. The van der Waals surface area contributed by atoms with Gasteiger partial charge in [0.2, 0.25) is 21.9 Å². The number of para-hydroxylation sites is 1. The molecule has 4 rings (SSSR count). The topological polar surface area (TPSA) is 172 Å². The number of benzene rings is 2. The maximum absolute atomic E-state index is 13.9. The van der Waals surface area contributed by atoms with Crippen LogP contribution in [0.3, 0.4) is 0 Å². The first-order chi connectivity index (χ1) is 19.8. The second-order valence-electron chi connectivity index (χ2n) is 9.01. The zero-order valence-electron chi connectivity index (χ0n) is 23.1. The van der Waals surface area contributed by atoms with E-state index in [4.69, 9.17) is 14.2 Å². The number of halogens is 1. The van der Waals surface area contributed by atoms with Gasteiger partial charge in [-0.2, -0.15) is 0 Å². The molecule has 0 aliphatic rings.